The van der Waals surface area contributed by atoms with Crippen LogP contribution in [0.4, 0.5) is 4.79 Å². The third-order valence-electron chi connectivity index (χ3n) is 5.17. The Hall–Kier alpha value is -0.770. The van der Waals surface area contributed by atoms with E-state index in [1.165, 1.54) is 0 Å². The molecule has 29 heavy (non-hydrogen) atoms. The highest BCUT2D eigenvalue weighted by molar-refractivity contribution is 14.0. The van der Waals surface area contributed by atoms with Crippen LogP contribution >= 0.6 is 24.0 Å². The lowest BCUT2D eigenvalue weighted by atomic mass is 10.0. The number of carbonyl (C=O) groups is 1. The van der Waals surface area contributed by atoms with E-state index in [1.807, 2.05) is 25.7 Å². The molecule has 2 aliphatic rings. The Kier molecular flexibility index (Phi) is 11.0. The van der Waals surface area contributed by atoms with Crippen molar-refractivity contribution in [2.24, 2.45) is 4.99 Å². The lowest BCUT2D eigenvalue weighted by molar-refractivity contribution is 0.0240. The van der Waals surface area contributed by atoms with E-state index in [2.05, 4.69) is 36.3 Å². The zero-order chi connectivity index (χ0) is 20.7. The van der Waals surface area contributed by atoms with Crippen LogP contribution in [0.1, 0.15) is 67.2 Å². The molecule has 8 heteroatoms. The fraction of sp³-hybridized carbons (Fsp3) is 0.905. The van der Waals surface area contributed by atoms with Crippen LogP contribution in [0, 0.1) is 0 Å². The van der Waals surface area contributed by atoms with Crippen LogP contribution in [-0.4, -0.2) is 78.3 Å². The maximum Gasteiger partial charge on any atom is 0.410 e. The first-order valence-electron chi connectivity index (χ1n) is 11.0. The Bertz CT molecular complexity index is 524. The molecule has 0 unspecified atom stereocenters. The van der Waals surface area contributed by atoms with Gasteiger partial charge in [0.2, 0.25) is 0 Å². The monoisotopic (exact) mass is 523 g/mol. The van der Waals surface area contributed by atoms with Gasteiger partial charge in [-0.05, 0) is 67.2 Å². The highest BCUT2D eigenvalue weighted by Gasteiger charge is 2.34. The van der Waals surface area contributed by atoms with Crippen molar-refractivity contribution in [2.75, 3.05) is 32.7 Å². The van der Waals surface area contributed by atoms with Crippen molar-refractivity contribution in [1.82, 2.24) is 20.4 Å². The molecule has 0 atom stereocenters. The van der Waals surface area contributed by atoms with Gasteiger partial charge in [-0.15, -0.1) is 24.0 Å². The molecular formula is C21H42IN5O2. The van der Waals surface area contributed by atoms with Gasteiger partial charge in [-0.2, -0.15) is 0 Å². The van der Waals surface area contributed by atoms with Crippen LogP contribution in [0.15, 0.2) is 4.99 Å². The van der Waals surface area contributed by atoms with Gasteiger partial charge in [-0.25, -0.2) is 4.79 Å². The normalized spacial score (nSPS) is 18.9. The van der Waals surface area contributed by atoms with Gasteiger partial charge in [0.1, 0.15) is 5.60 Å². The molecule has 0 aromatic rings. The minimum Gasteiger partial charge on any atom is -0.444 e. The van der Waals surface area contributed by atoms with Gasteiger partial charge in [-0.1, -0.05) is 0 Å². The summed E-state index contributed by atoms with van der Waals surface area (Å²) in [5.41, 5.74) is -0.463. The molecule has 2 rings (SSSR count). The molecule has 1 aliphatic carbocycles. The number of likely N-dealkylation sites (tertiary alicyclic amines) is 1. The molecular weight excluding hydrogens is 481 g/mol. The zero-order valence-electron chi connectivity index (χ0n) is 19.2. The molecule has 170 valence electrons. The first-order chi connectivity index (χ1) is 13.2. The van der Waals surface area contributed by atoms with Gasteiger partial charge in [0.25, 0.3) is 0 Å². The van der Waals surface area contributed by atoms with Crippen molar-refractivity contribution in [1.29, 1.82) is 0 Å². The SMILES string of the molecule is CCNC(=NCCN(C(=O)OC(C)(C)C)C1CC1)NC1CCN(C(C)C)CC1.I. The van der Waals surface area contributed by atoms with Gasteiger partial charge in [0, 0.05) is 44.3 Å². The van der Waals surface area contributed by atoms with Crippen LogP contribution in [0.5, 0.6) is 0 Å². The first kappa shape index (κ1) is 26.3. The average molecular weight is 524 g/mol. The number of guanidine groups is 1. The second kappa shape index (κ2) is 12.2. The Morgan fingerprint density at radius 1 is 1.21 bits per heavy atom. The summed E-state index contributed by atoms with van der Waals surface area (Å²) in [4.78, 5) is 21.6. The maximum absolute atomic E-state index is 12.5. The van der Waals surface area contributed by atoms with Crippen LogP contribution < -0.4 is 10.6 Å². The zero-order valence-corrected chi connectivity index (χ0v) is 21.5. The molecule has 2 N–H and O–H groups in total. The van der Waals surface area contributed by atoms with E-state index in [1.54, 1.807) is 0 Å². The number of amides is 1. The third kappa shape index (κ3) is 9.72. The molecule has 0 aromatic heterocycles. The van der Waals surface area contributed by atoms with E-state index in [0.29, 0.717) is 31.2 Å². The quantitative estimate of drug-likeness (QED) is 0.304. The fourth-order valence-corrected chi connectivity index (χ4v) is 3.47. The molecule has 1 saturated carbocycles. The maximum atomic E-state index is 12.5. The van der Waals surface area contributed by atoms with E-state index in [0.717, 1.165) is 51.3 Å². The molecule has 0 bridgehead atoms. The van der Waals surface area contributed by atoms with Gasteiger partial charge in [-0.3, -0.25) is 4.99 Å². The standard InChI is InChI=1S/C21H41N5O2.HI/c1-7-22-19(24-17-10-13-25(14-11-17)16(2)3)23-12-15-26(18-8-9-18)20(27)28-21(4,5)6;/h16-18H,7-15H2,1-6H3,(H2,22,23,24);1H. The Balaban J connectivity index is 0.00000420. The summed E-state index contributed by atoms with van der Waals surface area (Å²) in [6.45, 7) is 16.6. The van der Waals surface area contributed by atoms with Crippen molar-refractivity contribution in [3.05, 3.63) is 0 Å². The smallest absolute Gasteiger partial charge is 0.410 e. The molecule has 2 fully saturated rings. The number of carbonyl (C=O) groups excluding carboxylic acids is 1. The van der Waals surface area contributed by atoms with Crippen LogP contribution in [0.25, 0.3) is 0 Å². The number of piperidine rings is 1. The summed E-state index contributed by atoms with van der Waals surface area (Å²) in [6.07, 6.45) is 4.18. The number of hydrogen-bond donors (Lipinski definition) is 2. The summed E-state index contributed by atoms with van der Waals surface area (Å²) >= 11 is 0. The molecule has 1 amide bonds. The number of hydrogen-bond acceptors (Lipinski definition) is 4. The Morgan fingerprint density at radius 2 is 1.83 bits per heavy atom. The minimum atomic E-state index is -0.463. The van der Waals surface area contributed by atoms with E-state index in [4.69, 9.17) is 9.73 Å². The number of ether oxygens (including phenoxy) is 1. The third-order valence-corrected chi connectivity index (χ3v) is 5.17. The van der Waals surface area contributed by atoms with Gasteiger partial charge in [0.05, 0.1) is 6.54 Å². The molecule has 0 aromatic carbocycles. The first-order valence-corrected chi connectivity index (χ1v) is 11.0. The molecule has 1 saturated heterocycles. The lowest BCUT2D eigenvalue weighted by Gasteiger charge is -2.35. The van der Waals surface area contributed by atoms with Crippen molar-refractivity contribution < 1.29 is 9.53 Å². The predicted molar refractivity (Wildman–Crippen MR) is 130 cm³/mol. The molecule has 1 aliphatic heterocycles. The molecule has 0 spiro atoms. The van der Waals surface area contributed by atoms with Gasteiger partial charge < -0.3 is 25.2 Å². The molecule has 0 radical (unpaired) electrons. The Morgan fingerprint density at radius 3 is 2.31 bits per heavy atom. The number of nitrogens with zero attached hydrogens (tertiary/aromatic N) is 3. The molecule has 1 heterocycles. The van der Waals surface area contributed by atoms with Crippen LogP contribution in [0.2, 0.25) is 0 Å². The Labute approximate surface area is 194 Å². The summed E-state index contributed by atoms with van der Waals surface area (Å²) in [7, 11) is 0. The van der Waals surface area contributed by atoms with Crippen molar-refractivity contribution in [3.63, 3.8) is 0 Å². The number of aliphatic imine (C=N–C) groups is 1. The van der Waals surface area contributed by atoms with E-state index in [9.17, 15) is 4.79 Å². The topological polar surface area (TPSA) is 69.2 Å². The van der Waals surface area contributed by atoms with Crippen molar-refractivity contribution in [2.45, 2.75) is 91.0 Å². The van der Waals surface area contributed by atoms with E-state index in [-0.39, 0.29) is 30.1 Å². The summed E-state index contributed by atoms with van der Waals surface area (Å²) in [5.74, 6) is 0.852. The second-order valence-electron chi connectivity index (χ2n) is 9.21. The summed E-state index contributed by atoms with van der Waals surface area (Å²) < 4.78 is 5.56. The highest BCUT2D eigenvalue weighted by atomic mass is 127. The molecule has 7 nitrogen and oxygen atoms in total. The lowest BCUT2D eigenvalue weighted by Crippen LogP contribution is -2.50. The van der Waals surface area contributed by atoms with Crippen LogP contribution in [0.3, 0.4) is 0 Å². The minimum absolute atomic E-state index is 0. The van der Waals surface area contributed by atoms with Gasteiger partial charge in [0.15, 0.2) is 5.96 Å². The summed E-state index contributed by atoms with van der Waals surface area (Å²) in [5, 5.41) is 6.92. The fourth-order valence-electron chi connectivity index (χ4n) is 3.47. The van der Waals surface area contributed by atoms with E-state index >= 15 is 0 Å². The average Bonchev–Trinajstić information content (AvgIpc) is 3.42. The second-order valence-corrected chi connectivity index (χ2v) is 9.21. The number of nitrogens with one attached hydrogen (secondary N) is 2. The largest absolute Gasteiger partial charge is 0.444 e. The summed E-state index contributed by atoms with van der Waals surface area (Å²) in [6, 6.07) is 1.39. The van der Waals surface area contributed by atoms with Gasteiger partial charge >= 0.3 is 6.09 Å². The van der Waals surface area contributed by atoms with Crippen molar-refractivity contribution >= 4 is 36.0 Å². The van der Waals surface area contributed by atoms with Crippen molar-refractivity contribution in [3.8, 4) is 0 Å². The highest BCUT2D eigenvalue weighted by Crippen LogP contribution is 2.28. The predicted octanol–water partition coefficient (Wildman–Crippen LogP) is 3.43. The van der Waals surface area contributed by atoms with E-state index < -0.39 is 5.60 Å². The van der Waals surface area contributed by atoms with Crippen LogP contribution in [-0.2, 0) is 4.74 Å². The number of rotatable bonds is 7. The number of halogens is 1.